The Bertz CT molecular complexity index is 2520. The number of hydrogen-bond donors (Lipinski definition) is 3. The van der Waals surface area contributed by atoms with Crippen LogP contribution in [0.1, 0.15) is 272 Å². The molecule has 0 saturated carbocycles. The lowest BCUT2D eigenvalue weighted by atomic mass is 10.1. The van der Waals surface area contributed by atoms with E-state index in [1.54, 1.807) is 0 Å². The average molecular weight is 1440 g/mol. The molecule has 0 heterocycles. The van der Waals surface area contributed by atoms with Crippen LogP contribution in [-0.4, -0.2) is 96.7 Å². The number of phosphoric ester groups is 2. The number of hydrogen-bond acceptors (Lipinski definition) is 15. The van der Waals surface area contributed by atoms with Crippen LogP contribution in [0.4, 0.5) is 0 Å². The van der Waals surface area contributed by atoms with Gasteiger partial charge in [-0.3, -0.25) is 37.3 Å². The van der Waals surface area contributed by atoms with Crippen molar-refractivity contribution in [2.24, 2.45) is 0 Å². The van der Waals surface area contributed by atoms with Gasteiger partial charge in [-0.25, -0.2) is 9.13 Å². The number of unbranched alkanes of at least 4 members (excludes halogenated alkanes) is 17. The molecule has 0 aliphatic rings. The predicted molar refractivity (Wildman–Crippen MR) is 408 cm³/mol. The summed E-state index contributed by atoms with van der Waals surface area (Å²) in [5.74, 6) is -2.35. The Kier molecular flexibility index (Phi) is 68.2. The largest absolute Gasteiger partial charge is 0.472 e. The zero-order valence-corrected chi connectivity index (χ0v) is 63.6. The van der Waals surface area contributed by atoms with Gasteiger partial charge in [0, 0.05) is 25.7 Å². The Morgan fingerprint density at radius 1 is 0.290 bits per heavy atom. The minimum atomic E-state index is -5.01. The van der Waals surface area contributed by atoms with Crippen molar-refractivity contribution in [3.05, 3.63) is 158 Å². The van der Waals surface area contributed by atoms with Gasteiger partial charge in [-0.2, -0.15) is 0 Å². The van der Waals surface area contributed by atoms with Crippen molar-refractivity contribution in [3.8, 4) is 0 Å². The van der Waals surface area contributed by atoms with E-state index in [0.717, 1.165) is 148 Å². The maximum atomic E-state index is 13.1. The van der Waals surface area contributed by atoms with E-state index in [-0.39, 0.29) is 25.7 Å². The Balaban J connectivity index is 5.47. The summed E-state index contributed by atoms with van der Waals surface area (Å²) in [5.41, 5.74) is 0. The SMILES string of the molecule is CC/C=C\C/C=C\C/C=C\C/C=C\C/C=C\CCCC(=O)OCC(COP(=O)(O)OCC(O)COP(=O)(O)OCC(COC(=O)CCCCCCC/C=C\C/C=C\CCCCC)OC(=O)CCCCCCC/C=C\CCCC)OC(=O)CCC/C=C\C/C=C\C/C=C\C/C=C\C/C=C\CC. The standard InChI is InChI=1S/C81H132O17P2/c1-5-9-13-17-21-25-29-32-35-37-40-43-47-50-54-58-62-66-79(84)92-72-77(98-81(86)68-64-60-56-52-48-44-41-38-36-33-30-26-22-18-14-10-6-2)74-96-100(89,90)94-70-75(82)69-93-99(87,88)95-73-76(97-80(85)67-63-59-55-51-45-28-24-20-16-12-8-4)71-91-78(83)65-61-57-53-49-46-42-39-34-31-27-23-19-15-11-7-3/h9-10,13-14,20-27,32-36,39-41,43-44,50,52,54,56,75-77,82H,5-8,11-12,15-19,28-31,37-38,42,45-49,51,53,55,57-74H2,1-4H3,(H,87,88)(H,89,90)/b13-9-,14-10-,24-20-,25-21-,26-22-,27-23-,35-32-,36-33-,39-34-,43-40-,44-41-,54-50-,56-52-. The molecule has 0 amide bonds. The maximum absolute atomic E-state index is 13.1. The number of ether oxygens (including phenoxy) is 4. The smallest absolute Gasteiger partial charge is 0.462 e. The molecular weight excluding hydrogens is 1310 g/mol. The molecular formula is C81H132O17P2. The fourth-order valence-corrected chi connectivity index (χ4v) is 10.8. The molecule has 0 saturated heterocycles. The third-order valence-corrected chi connectivity index (χ3v) is 16.9. The molecule has 0 spiro atoms. The molecule has 568 valence electrons. The molecule has 0 aromatic carbocycles. The van der Waals surface area contributed by atoms with Gasteiger partial charge in [0.15, 0.2) is 12.2 Å². The minimum Gasteiger partial charge on any atom is -0.462 e. The summed E-state index contributed by atoms with van der Waals surface area (Å²) in [6, 6.07) is 0. The van der Waals surface area contributed by atoms with Crippen molar-refractivity contribution >= 4 is 39.5 Å². The third kappa shape index (κ3) is 71.1. The first-order valence-electron chi connectivity index (χ1n) is 37.7. The summed E-state index contributed by atoms with van der Waals surface area (Å²) < 4.78 is 68.3. The second-order valence-corrected chi connectivity index (χ2v) is 27.4. The van der Waals surface area contributed by atoms with E-state index in [0.29, 0.717) is 38.5 Å². The Morgan fingerprint density at radius 2 is 0.540 bits per heavy atom. The maximum Gasteiger partial charge on any atom is 0.472 e. The van der Waals surface area contributed by atoms with Crippen molar-refractivity contribution in [1.82, 2.24) is 0 Å². The van der Waals surface area contributed by atoms with Crippen LogP contribution in [0.15, 0.2) is 158 Å². The van der Waals surface area contributed by atoms with E-state index >= 15 is 0 Å². The second-order valence-electron chi connectivity index (χ2n) is 24.5. The van der Waals surface area contributed by atoms with Crippen molar-refractivity contribution in [1.29, 1.82) is 0 Å². The highest BCUT2D eigenvalue weighted by Gasteiger charge is 2.30. The summed E-state index contributed by atoms with van der Waals surface area (Å²) in [6.07, 6.45) is 82.6. The number of carbonyl (C=O) groups excluding carboxylic acids is 4. The lowest BCUT2D eigenvalue weighted by Crippen LogP contribution is -2.30. The molecule has 0 fully saturated rings. The van der Waals surface area contributed by atoms with Crippen LogP contribution in [-0.2, 0) is 65.4 Å². The topological polar surface area (TPSA) is 237 Å². The number of allylic oxidation sites excluding steroid dienone is 26. The zero-order valence-electron chi connectivity index (χ0n) is 61.8. The van der Waals surface area contributed by atoms with E-state index < -0.39 is 97.5 Å². The van der Waals surface area contributed by atoms with E-state index in [2.05, 4.69) is 161 Å². The van der Waals surface area contributed by atoms with Crippen LogP contribution in [0, 0.1) is 0 Å². The Hall–Kier alpha value is -5.32. The van der Waals surface area contributed by atoms with Crippen molar-refractivity contribution < 1.29 is 80.2 Å². The van der Waals surface area contributed by atoms with Gasteiger partial charge >= 0.3 is 39.5 Å². The third-order valence-electron chi connectivity index (χ3n) is 15.0. The van der Waals surface area contributed by atoms with Crippen molar-refractivity contribution in [2.75, 3.05) is 39.6 Å². The zero-order chi connectivity index (χ0) is 73.2. The molecule has 100 heavy (non-hydrogen) atoms. The van der Waals surface area contributed by atoms with Gasteiger partial charge < -0.3 is 33.8 Å². The highest BCUT2D eigenvalue weighted by atomic mass is 31.2. The normalized spacial score (nSPS) is 14.8. The number of rotatable bonds is 69. The summed E-state index contributed by atoms with van der Waals surface area (Å²) in [6.45, 7) is 4.39. The lowest BCUT2D eigenvalue weighted by molar-refractivity contribution is -0.161. The van der Waals surface area contributed by atoms with Gasteiger partial charge in [-0.1, -0.05) is 250 Å². The summed E-state index contributed by atoms with van der Waals surface area (Å²) in [4.78, 5) is 72.8. The molecule has 5 unspecified atom stereocenters. The van der Waals surface area contributed by atoms with Gasteiger partial charge in [0.1, 0.15) is 19.3 Å². The first-order valence-corrected chi connectivity index (χ1v) is 40.7. The molecule has 3 N–H and O–H groups in total. The molecule has 17 nitrogen and oxygen atoms in total. The fraction of sp³-hybridized carbons (Fsp3) is 0.630. The van der Waals surface area contributed by atoms with Crippen molar-refractivity contribution in [2.45, 2.75) is 290 Å². The molecule has 0 aliphatic carbocycles. The highest BCUT2D eigenvalue weighted by Crippen LogP contribution is 2.45. The fourth-order valence-electron chi connectivity index (χ4n) is 9.24. The van der Waals surface area contributed by atoms with E-state index in [4.69, 9.17) is 37.0 Å². The molecule has 0 bridgehead atoms. The minimum absolute atomic E-state index is 0.00159. The van der Waals surface area contributed by atoms with E-state index in [1.165, 1.54) is 32.1 Å². The number of carbonyl (C=O) groups is 4. The molecule has 0 rings (SSSR count). The number of aliphatic hydroxyl groups is 1. The van der Waals surface area contributed by atoms with Gasteiger partial charge in [-0.15, -0.1) is 0 Å². The van der Waals surface area contributed by atoms with E-state index in [9.17, 15) is 43.2 Å². The van der Waals surface area contributed by atoms with Crippen LogP contribution >= 0.6 is 15.6 Å². The Morgan fingerprint density at radius 3 is 0.890 bits per heavy atom. The summed E-state index contributed by atoms with van der Waals surface area (Å²) in [7, 11) is -10.00. The number of esters is 4. The van der Waals surface area contributed by atoms with Crippen molar-refractivity contribution in [3.63, 3.8) is 0 Å². The monoisotopic (exact) mass is 1440 g/mol. The first-order chi connectivity index (χ1) is 48.7. The predicted octanol–water partition coefficient (Wildman–Crippen LogP) is 21.7. The van der Waals surface area contributed by atoms with Gasteiger partial charge in [0.25, 0.3) is 0 Å². The van der Waals surface area contributed by atoms with Gasteiger partial charge in [-0.05, 0) is 154 Å². The van der Waals surface area contributed by atoms with Crippen LogP contribution in [0.2, 0.25) is 0 Å². The number of aliphatic hydroxyl groups excluding tert-OH is 1. The Labute approximate surface area is 604 Å². The average Bonchev–Trinajstić information content (AvgIpc) is 1.00. The first kappa shape index (κ1) is 94.7. The van der Waals surface area contributed by atoms with Crippen LogP contribution < -0.4 is 0 Å². The van der Waals surface area contributed by atoms with Crippen LogP contribution in [0.5, 0.6) is 0 Å². The van der Waals surface area contributed by atoms with Crippen LogP contribution in [0.3, 0.4) is 0 Å². The molecule has 0 aromatic heterocycles. The number of phosphoric acid groups is 2. The van der Waals surface area contributed by atoms with Gasteiger partial charge in [0.05, 0.1) is 26.4 Å². The molecule has 0 aromatic rings. The quantitative estimate of drug-likeness (QED) is 0.0169. The summed E-state index contributed by atoms with van der Waals surface area (Å²) in [5, 5.41) is 10.6. The summed E-state index contributed by atoms with van der Waals surface area (Å²) >= 11 is 0. The molecule has 0 radical (unpaired) electrons. The second kappa shape index (κ2) is 72.0. The lowest BCUT2D eigenvalue weighted by Gasteiger charge is -2.21. The highest BCUT2D eigenvalue weighted by molar-refractivity contribution is 7.47. The molecule has 19 heteroatoms. The molecule has 5 atom stereocenters. The van der Waals surface area contributed by atoms with Gasteiger partial charge in [0.2, 0.25) is 0 Å². The van der Waals surface area contributed by atoms with E-state index in [1.807, 2.05) is 24.3 Å². The van der Waals surface area contributed by atoms with Crippen LogP contribution in [0.25, 0.3) is 0 Å². The molecule has 0 aliphatic heterocycles.